The van der Waals surface area contributed by atoms with Gasteiger partial charge >= 0.3 is 12.1 Å². The van der Waals surface area contributed by atoms with Gasteiger partial charge in [-0.15, -0.1) is 0 Å². The first kappa shape index (κ1) is 16.1. The number of carbonyl (C=O) groups excluding carboxylic acids is 2. The van der Waals surface area contributed by atoms with Gasteiger partial charge in [-0.25, -0.2) is 22.3 Å². The monoisotopic (exact) mass is 317 g/mol. The Morgan fingerprint density at radius 1 is 1.24 bits per heavy atom. The molecule has 2 bridgehead atoms. The van der Waals surface area contributed by atoms with Crippen molar-refractivity contribution in [3.8, 4) is 0 Å². The molecule has 21 heavy (non-hydrogen) atoms. The lowest BCUT2D eigenvalue weighted by Gasteiger charge is -2.28. The number of hydrogen-bond acceptors (Lipinski definition) is 4. The third-order valence-corrected chi connectivity index (χ3v) is 5.96. The van der Waals surface area contributed by atoms with Gasteiger partial charge in [-0.1, -0.05) is 6.42 Å². The van der Waals surface area contributed by atoms with Gasteiger partial charge in [0.05, 0.1) is 6.26 Å². The summed E-state index contributed by atoms with van der Waals surface area (Å²) in [5, 5.41) is 4.79. The van der Waals surface area contributed by atoms with E-state index in [0.29, 0.717) is 16.1 Å². The number of nitrogens with zero attached hydrogens (tertiary/aromatic N) is 1. The number of hydrogen-bond donors (Lipinski definition) is 2. The summed E-state index contributed by atoms with van der Waals surface area (Å²) in [6, 6.07) is -1.61. The lowest BCUT2D eigenvalue weighted by atomic mass is 9.84. The largest absolute Gasteiger partial charge is 0.338 e. The van der Waals surface area contributed by atoms with Crippen molar-refractivity contribution in [2.24, 2.45) is 17.8 Å². The number of imide groups is 1. The second-order valence-corrected chi connectivity index (χ2v) is 8.28. The zero-order valence-corrected chi connectivity index (χ0v) is 13.4. The van der Waals surface area contributed by atoms with Crippen molar-refractivity contribution in [1.82, 2.24) is 14.9 Å². The maximum Gasteiger partial charge on any atom is 0.338 e. The molecule has 2 aliphatic carbocycles. The zero-order chi connectivity index (χ0) is 15.8. The summed E-state index contributed by atoms with van der Waals surface area (Å²) in [6.45, 7) is 1.94. The van der Waals surface area contributed by atoms with E-state index in [9.17, 15) is 18.0 Å². The molecule has 2 N–H and O–H groups in total. The van der Waals surface area contributed by atoms with Crippen LogP contribution < -0.4 is 10.6 Å². The van der Waals surface area contributed by atoms with E-state index in [1.54, 1.807) is 0 Å². The molecule has 2 fully saturated rings. The predicted octanol–water partition coefficient (Wildman–Crippen LogP) is 1.12. The Balaban J connectivity index is 1.83. The van der Waals surface area contributed by atoms with Crippen molar-refractivity contribution < 1.29 is 18.0 Å². The van der Waals surface area contributed by atoms with Crippen molar-refractivity contribution in [2.75, 3.05) is 13.3 Å². The lowest BCUT2D eigenvalue weighted by Crippen LogP contribution is -2.50. The first-order chi connectivity index (χ1) is 9.68. The van der Waals surface area contributed by atoms with Crippen LogP contribution >= 0.6 is 0 Å². The smallest absolute Gasteiger partial charge is 0.335 e. The van der Waals surface area contributed by atoms with Gasteiger partial charge in [0.15, 0.2) is 0 Å². The van der Waals surface area contributed by atoms with Gasteiger partial charge < -0.3 is 5.32 Å². The van der Waals surface area contributed by atoms with E-state index >= 15 is 0 Å². The molecule has 120 valence electrons. The molecular formula is C13H23N3O4S. The second kappa shape index (κ2) is 5.82. The maximum atomic E-state index is 11.8. The number of rotatable bonds is 3. The first-order valence-corrected chi connectivity index (χ1v) is 9.08. The van der Waals surface area contributed by atoms with Gasteiger partial charge in [0.25, 0.3) is 0 Å². The number of carbonyl (C=O) groups is 2. The maximum absolute atomic E-state index is 11.8. The molecule has 0 heterocycles. The molecule has 0 aliphatic heterocycles. The molecule has 2 saturated carbocycles. The summed E-state index contributed by atoms with van der Waals surface area (Å²) in [5.41, 5.74) is 0. The van der Waals surface area contributed by atoms with Crippen molar-refractivity contribution >= 4 is 22.1 Å². The number of urea groups is 2. The normalized spacial score (nSPS) is 29.0. The van der Waals surface area contributed by atoms with Crippen LogP contribution in [0.1, 0.15) is 32.6 Å². The summed E-state index contributed by atoms with van der Waals surface area (Å²) >= 11 is 0. The minimum absolute atomic E-state index is 0.0170. The molecule has 0 aromatic heterocycles. The lowest BCUT2D eigenvalue weighted by molar-refractivity contribution is 0.210. The highest BCUT2D eigenvalue weighted by Gasteiger charge is 2.42. The Morgan fingerprint density at radius 3 is 2.38 bits per heavy atom. The van der Waals surface area contributed by atoms with Crippen LogP contribution in [0.3, 0.4) is 0 Å². The average Bonchev–Trinajstić information content (AvgIpc) is 2.98. The minimum Gasteiger partial charge on any atom is -0.335 e. The third-order valence-electron chi connectivity index (χ3n) is 4.80. The molecule has 7 nitrogen and oxygen atoms in total. The van der Waals surface area contributed by atoms with E-state index in [4.69, 9.17) is 0 Å². The summed E-state index contributed by atoms with van der Waals surface area (Å²) in [4.78, 5) is 23.4. The molecular weight excluding hydrogens is 294 g/mol. The molecule has 8 heteroatoms. The second-order valence-electron chi connectivity index (χ2n) is 6.26. The fourth-order valence-electron chi connectivity index (χ4n) is 3.58. The highest BCUT2D eigenvalue weighted by atomic mass is 32.2. The van der Waals surface area contributed by atoms with Crippen LogP contribution in [-0.2, 0) is 10.0 Å². The van der Waals surface area contributed by atoms with Crippen LogP contribution in [0.2, 0.25) is 0 Å². The summed E-state index contributed by atoms with van der Waals surface area (Å²) in [7, 11) is -2.55. The van der Waals surface area contributed by atoms with Gasteiger partial charge in [0.1, 0.15) is 0 Å². The Morgan fingerprint density at radius 2 is 1.90 bits per heavy atom. The Hall–Kier alpha value is -1.31. The van der Waals surface area contributed by atoms with Crippen LogP contribution in [-0.4, -0.2) is 44.1 Å². The number of fused-ring (bicyclic) bond motifs is 2. The van der Waals surface area contributed by atoms with E-state index in [-0.39, 0.29) is 6.04 Å². The summed E-state index contributed by atoms with van der Waals surface area (Å²) in [5.74, 6) is 1.90. The summed E-state index contributed by atoms with van der Waals surface area (Å²) < 4.78 is 22.9. The topological polar surface area (TPSA) is 95.6 Å². The fraction of sp³-hybridized carbons (Fsp3) is 0.846. The fourth-order valence-corrected chi connectivity index (χ4v) is 3.93. The highest BCUT2D eigenvalue weighted by Crippen LogP contribution is 2.49. The van der Waals surface area contributed by atoms with E-state index < -0.39 is 22.1 Å². The summed E-state index contributed by atoms with van der Waals surface area (Å²) in [6.07, 6.45) is 5.79. The third kappa shape index (κ3) is 3.66. The van der Waals surface area contributed by atoms with Crippen molar-refractivity contribution in [2.45, 2.75) is 38.6 Å². The SMILES string of the molecule is CC(NC(=O)NC(=O)N(C)S(C)(=O)=O)C1CC2CCC1C2. The predicted molar refractivity (Wildman–Crippen MR) is 78.1 cm³/mol. The van der Waals surface area contributed by atoms with Gasteiger partial charge in [-0.2, -0.15) is 0 Å². The van der Waals surface area contributed by atoms with Crippen molar-refractivity contribution in [1.29, 1.82) is 0 Å². The molecule has 0 saturated heterocycles. The van der Waals surface area contributed by atoms with E-state index in [1.807, 2.05) is 12.2 Å². The molecule has 4 amide bonds. The average molecular weight is 317 g/mol. The minimum atomic E-state index is -3.66. The Bertz CT molecular complexity index is 534. The first-order valence-electron chi connectivity index (χ1n) is 7.24. The van der Waals surface area contributed by atoms with Gasteiger partial charge in [0, 0.05) is 13.1 Å². The van der Waals surface area contributed by atoms with Gasteiger partial charge in [-0.3, -0.25) is 5.32 Å². The Labute approximate surface area is 125 Å². The van der Waals surface area contributed by atoms with Crippen LogP contribution in [0, 0.1) is 17.8 Å². The molecule has 4 unspecified atom stereocenters. The van der Waals surface area contributed by atoms with E-state index in [0.717, 1.165) is 25.6 Å². The van der Waals surface area contributed by atoms with Crippen molar-refractivity contribution in [3.63, 3.8) is 0 Å². The van der Waals surface area contributed by atoms with Crippen LogP contribution in [0.4, 0.5) is 9.59 Å². The Kier molecular flexibility index (Phi) is 4.46. The van der Waals surface area contributed by atoms with Crippen LogP contribution in [0.5, 0.6) is 0 Å². The number of amides is 4. The van der Waals surface area contributed by atoms with Crippen LogP contribution in [0.25, 0.3) is 0 Å². The zero-order valence-electron chi connectivity index (χ0n) is 12.6. The number of sulfonamides is 1. The molecule has 0 aromatic rings. The quantitative estimate of drug-likeness (QED) is 0.815. The molecule has 4 atom stereocenters. The highest BCUT2D eigenvalue weighted by molar-refractivity contribution is 7.88. The molecule has 2 aliphatic rings. The molecule has 2 rings (SSSR count). The molecule has 0 radical (unpaired) electrons. The van der Waals surface area contributed by atoms with Gasteiger partial charge in [-0.05, 0) is 43.9 Å². The van der Waals surface area contributed by atoms with E-state index in [1.165, 1.54) is 19.3 Å². The number of nitrogens with one attached hydrogen (secondary N) is 2. The molecule has 0 aromatic carbocycles. The van der Waals surface area contributed by atoms with Crippen molar-refractivity contribution in [3.05, 3.63) is 0 Å². The van der Waals surface area contributed by atoms with Gasteiger partial charge in [0.2, 0.25) is 10.0 Å². The van der Waals surface area contributed by atoms with Crippen LogP contribution in [0.15, 0.2) is 0 Å². The van der Waals surface area contributed by atoms with E-state index in [2.05, 4.69) is 5.32 Å². The standard InChI is InChI=1S/C13H23N3O4S/c1-8(11-7-9-4-5-10(11)6-9)14-12(17)15-13(18)16(2)21(3,19)20/h8-11H,4-7H2,1-3H3,(H2,14,15,17,18). The molecule has 0 spiro atoms.